The molecule has 130 valence electrons. The summed E-state index contributed by atoms with van der Waals surface area (Å²) in [6, 6.07) is 14.1. The summed E-state index contributed by atoms with van der Waals surface area (Å²) in [7, 11) is 0. The Morgan fingerprint density at radius 1 is 0.846 bits per heavy atom. The van der Waals surface area contributed by atoms with E-state index in [1.165, 1.54) is 56.2 Å². The Bertz CT molecular complexity index is 1010. The number of halogens is 1. The third-order valence-electron chi connectivity index (χ3n) is 6.33. The SMILES string of the molecule is CC1(C)c2cc(I)ccc2-c2ccc(C3=CC4=C(C=CCC4)CC3)cc21. The Morgan fingerprint density at radius 3 is 2.46 bits per heavy atom. The van der Waals surface area contributed by atoms with Crippen molar-refractivity contribution in [3.63, 3.8) is 0 Å². The lowest BCUT2D eigenvalue weighted by Crippen LogP contribution is -2.15. The molecular formula is C25H23I. The standard InChI is InChI=1S/C25H23I/c1-25(2)23-14-19(18-8-7-16-5-3-4-6-17(16)13-18)9-11-21(23)22-12-10-20(26)15-24(22)25/h3,5,9-15H,4,6-8H2,1-2H3. The number of fused-ring (bicyclic) bond motifs is 3. The molecule has 0 radical (unpaired) electrons. The van der Waals surface area contributed by atoms with Crippen molar-refractivity contribution in [2.75, 3.05) is 0 Å². The Morgan fingerprint density at radius 2 is 1.62 bits per heavy atom. The molecule has 0 saturated carbocycles. The van der Waals surface area contributed by atoms with E-state index in [1.54, 1.807) is 11.1 Å². The number of rotatable bonds is 1. The van der Waals surface area contributed by atoms with Crippen LogP contribution in [0.15, 0.2) is 65.8 Å². The molecule has 0 aliphatic heterocycles. The Labute approximate surface area is 169 Å². The maximum absolute atomic E-state index is 2.47. The van der Waals surface area contributed by atoms with Crippen LogP contribution in [0.1, 0.15) is 56.2 Å². The summed E-state index contributed by atoms with van der Waals surface area (Å²) in [4.78, 5) is 0. The molecule has 1 heteroatoms. The lowest BCUT2D eigenvalue weighted by Gasteiger charge is -2.24. The minimum atomic E-state index is 0.0785. The molecule has 0 spiro atoms. The molecule has 26 heavy (non-hydrogen) atoms. The molecule has 0 saturated heterocycles. The number of hydrogen-bond acceptors (Lipinski definition) is 0. The van der Waals surface area contributed by atoms with Gasteiger partial charge in [-0.15, -0.1) is 0 Å². The minimum absolute atomic E-state index is 0.0785. The summed E-state index contributed by atoms with van der Waals surface area (Å²) in [6.07, 6.45) is 11.9. The molecule has 0 amide bonds. The van der Waals surface area contributed by atoms with Crippen molar-refractivity contribution in [2.45, 2.75) is 44.9 Å². The number of hydrogen-bond donors (Lipinski definition) is 0. The number of benzene rings is 2. The van der Waals surface area contributed by atoms with Crippen LogP contribution in [0.4, 0.5) is 0 Å². The van der Waals surface area contributed by atoms with E-state index in [-0.39, 0.29) is 5.41 Å². The van der Waals surface area contributed by atoms with Crippen molar-refractivity contribution in [1.82, 2.24) is 0 Å². The molecule has 0 atom stereocenters. The van der Waals surface area contributed by atoms with E-state index in [0.717, 1.165) is 6.42 Å². The smallest absolute Gasteiger partial charge is 0.0159 e. The van der Waals surface area contributed by atoms with Gasteiger partial charge in [-0.1, -0.05) is 50.3 Å². The summed E-state index contributed by atoms with van der Waals surface area (Å²) in [6.45, 7) is 4.75. The summed E-state index contributed by atoms with van der Waals surface area (Å²) < 4.78 is 1.32. The third kappa shape index (κ3) is 2.47. The van der Waals surface area contributed by atoms with Crippen molar-refractivity contribution in [3.8, 4) is 11.1 Å². The topological polar surface area (TPSA) is 0 Å². The highest BCUT2D eigenvalue weighted by Gasteiger charge is 2.35. The minimum Gasteiger partial charge on any atom is -0.0839 e. The average Bonchev–Trinajstić information content (AvgIpc) is 2.88. The van der Waals surface area contributed by atoms with Gasteiger partial charge in [0.25, 0.3) is 0 Å². The maximum Gasteiger partial charge on any atom is 0.0159 e. The Hall–Kier alpha value is -1.61. The Kier molecular flexibility index (Phi) is 3.79. The summed E-state index contributed by atoms with van der Waals surface area (Å²) >= 11 is 2.43. The summed E-state index contributed by atoms with van der Waals surface area (Å²) in [5, 5.41) is 0. The maximum atomic E-state index is 2.47. The largest absolute Gasteiger partial charge is 0.0839 e. The van der Waals surface area contributed by atoms with Crippen LogP contribution in [-0.2, 0) is 5.41 Å². The van der Waals surface area contributed by atoms with Crippen molar-refractivity contribution in [2.24, 2.45) is 0 Å². The van der Waals surface area contributed by atoms with Gasteiger partial charge in [-0.05, 0) is 111 Å². The highest BCUT2D eigenvalue weighted by molar-refractivity contribution is 14.1. The molecular weight excluding hydrogens is 427 g/mol. The van der Waals surface area contributed by atoms with E-state index in [9.17, 15) is 0 Å². The zero-order valence-electron chi connectivity index (χ0n) is 15.4. The first-order chi connectivity index (χ1) is 12.5. The van der Waals surface area contributed by atoms with Gasteiger partial charge in [0.15, 0.2) is 0 Å². The van der Waals surface area contributed by atoms with Crippen molar-refractivity contribution >= 4 is 28.2 Å². The normalized spacial score (nSPS) is 19.7. The zero-order valence-corrected chi connectivity index (χ0v) is 17.6. The van der Waals surface area contributed by atoms with Gasteiger partial charge in [0.2, 0.25) is 0 Å². The molecule has 0 nitrogen and oxygen atoms in total. The molecule has 0 N–H and O–H groups in total. The second kappa shape index (κ2) is 5.95. The quantitative estimate of drug-likeness (QED) is 0.397. The van der Waals surface area contributed by atoms with Gasteiger partial charge < -0.3 is 0 Å². The molecule has 3 aliphatic carbocycles. The van der Waals surface area contributed by atoms with Crippen LogP contribution in [0.2, 0.25) is 0 Å². The molecule has 5 rings (SSSR count). The van der Waals surface area contributed by atoms with E-state index in [2.05, 4.69) is 91.1 Å². The molecule has 0 aromatic heterocycles. The van der Waals surface area contributed by atoms with E-state index < -0.39 is 0 Å². The second-order valence-corrected chi connectivity index (χ2v) is 9.48. The highest BCUT2D eigenvalue weighted by atomic mass is 127. The van der Waals surface area contributed by atoms with E-state index in [4.69, 9.17) is 0 Å². The third-order valence-corrected chi connectivity index (χ3v) is 7.00. The second-order valence-electron chi connectivity index (χ2n) is 8.24. The predicted octanol–water partition coefficient (Wildman–Crippen LogP) is 7.42. The lowest BCUT2D eigenvalue weighted by molar-refractivity contribution is 0.659. The molecule has 0 heterocycles. The van der Waals surface area contributed by atoms with E-state index in [0.29, 0.717) is 0 Å². The van der Waals surface area contributed by atoms with Crippen LogP contribution in [0.3, 0.4) is 0 Å². The van der Waals surface area contributed by atoms with Gasteiger partial charge in [-0.3, -0.25) is 0 Å². The van der Waals surface area contributed by atoms with Crippen LogP contribution in [-0.4, -0.2) is 0 Å². The fraction of sp³-hybridized carbons (Fsp3) is 0.280. The van der Waals surface area contributed by atoms with Crippen LogP contribution < -0.4 is 0 Å². The van der Waals surface area contributed by atoms with Crippen LogP contribution in [0.25, 0.3) is 16.7 Å². The average molecular weight is 450 g/mol. The predicted molar refractivity (Wildman–Crippen MR) is 119 cm³/mol. The van der Waals surface area contributed by atoms with Crippen LogP contribution >= 0.6 is 22.6 Å². The molecule has 3 aliphatic rings. The Balaban J connectivity index is 1.61. The lowest BCUT2D eigenvalue weighted by atomic mass is 9.80. The number of allylic oxidation sites excluding steroid dienone is 6. The molecule has 0 unspecified atom stereocenters. The van der Waals surface area contributed by atoms with Crippen molar-refractivity contribution in [1.29, 1.82) is 0 Å². The van der Waals surface area contributed by atoms with Crippen LogP contribution in [0.5, 0.6) is 0 Å². The highest BCUT2D eigenvalue weighted by Crippen LogP contribution is 2.50. The van der Waals surface area contributed by atoms with E-state index in [1.807, 2.05) is 0 Å². The van der Waals surface area contributed by atoms with Gasteiger partial charge in [-0.2, -0.15) is 0 Å². The van der Waals surface area contributed by atoms with Gasteiger partial charge in [0, 0.05) is 8.99 Å². The van der Waals surface area contributed by atoms with Crippen molar-refractivity contribution < 1.29 is 0 Å². The summed E-state index contributed by atoms with van der Waals surface area (Å²) in [5.74, 6) is 0. The van der Waals surface area contributed by atoms with E-state index >= 15 is 0 Å². The van der Waals surface area contributed by atoms with Gasteiger partial charge in [-0.25, -0.2) is 0 Å². The fourth-order valence-electron chi connectivity index (χ4n) is 4.83. The van der Waals surface area contributed by atoms with Gasteiger partial charge in [0.05, 0.1) is 0 Å². The fourth-order valence-corrected chi connectivity index (χ4v) is 5.32. The van der Waals surface area contributed by atoms with Gasteiger partial charge in [0.1, 0.15) is 0 Å². The van der Waals surface area contributed by atoms with Crippen LogP contribution in [0, 0.1) is 3.57 Å². The first kappa shape index (κ1) is 16.6. The first-order valence-corrected chi connectivity index (χ1v) is 10.7. The summed E-state index contributed by atoms with van der Waals surface area (Å²) in [5.41, 5.74) is 11.9. The monoisotopic (exact) mass is 450 g/mol. The molecule has 0 bridgehead atoms. The molecule has 2 aromatic carbocycles. The van der Waals surface area contributed by atoms with Crippen molar-refractivity contribution in [3.05, 3.63) is 86.0 Å². The first-order valence-electron chi connectivity index (χ1n) is 9.58. The molecule has 0 fully saturated rings. The zero-order chi connectivity index (χ0) is 17.9. The molecule has 2 aromatic rings. The van der Waals surface area contributed by atoms with Gasteiger partial charge >= 0.3 is 0 Å².